The second-order valence-electron chi connectivity index (χ2n) is 18.1. The predicted octanol–water partition coefficient (Wildman–Crippen LogP) is 18.7. The zero-order chi connectivity index (χ0) is 46.3. The summed E-state index contributed by atoms with van der Waals surface area (Å²) < 4.78 is 17.4. The van der Waals surface area contributed by atoms with E-state index in [1.807, 2.05) is 0 Å². The van der Waals surface area contributed by atoms with E-state index in [0.29, 0.717) is 19.4 Å². The van der Waals surface area contributed by atoms with Crippen LogP contribution in [0.2, 0.25) is 0 Å². The van der Waals surface area contributed by atoms with Gasteiger partial charge >= 0.3 is 11.9 Å². The largest absolute Gasteiger partial charge is 0.462 e. The molecule has 0 radical (unpaired) electrons. The summed E-state index contributed by atoms with van der Waals surface area (Å²) in [5, 5.41) is 0. The monoisotopic (exact) mass is 893 g/mol. The standard InChI is InChI=1S/C59H104O5/c1-4-7-10-13-16-19-22-25-28-30-32-34-37-40-43-46-49-52-58(60)63-56-57(55-62-54-51-48-45-42-39-36-33-29-26-23-20-17-14-11-8-5-2)64-59(61)53-50-47-44-41-38-35-31-27-24-21-18-15-12-9-6-3/h8-9,11-12,17-18,20-21,26-27,29,31,57H,4-7,10,13-16,19,22-25,28,30,32-56H2,1-3H3/b11-8-,12-9-,20-17-,21-18-,29-26-,31-27-. The lowest BCUT2D eigenvalue weighted by atomic mass is 10.0. The zero-order valence-corrected chi connectivity index (χ0v) is 42.5. The SMILES string of the molecule is CC/C=C\C/C=C\C/C=C\CCCCCCCCOCC(COC(=O)CCCCCCCCCCCCCCCCCCC)OC(=O)CCCCCCC/C=C\C/C=C\C/C=C\CC. The fourth-order valence-corrected chi connectivity index (χ4v) is 7.72. The van der Waals surface area contributed by atoms with Gasteiger partial charge in [0.2, 0.25) is 0 Å². The van der Waals surface area contributed by atoms with E-state index >= 15 is 0 Å². The van der Waals surface area contributed by atoms with E-state index in [1.54, 1.807) is 0 Å². The molecule has 0 rings (SSSR count). The van der Waals surface area contributed by atoms with Crippen LogP contribution in [0.4, 0.5) is 0 Å². The van der Waals surface area contributed by atoms with Gasteiger partial charge in [0.25, 0.3) is 0 Å². The van der Waals surface area contributed by atoms with Crippen LogP contribution in [0.3, 0.4) is 0 Å². The molecule has 0 N–H and O–H groups in total. The molecule has 0 spiro atoms. The van der Waals surface area contributed by atoms with Crippen LogP contribution >= 0.6 is 0 Å². The molecule has 5 heteroatoms. The summed E-state index contributed by atoms with van der Waals surface area (Å²) >= 11 is 0. The molecule has 0 aromatic heterocycles. The van der Waals surface area contributed by atoms with Crippen LogP contribution in [0, 0.1) is 0 Å². The maximum Gasteiger partial charge on any atom is 0.306 e. The molecule has 370 valence electrons. The lowest BCUT2D eigenvalue weighted by Gasteiger charge is -2.18. The van der Waals surface area contributed by atoms with Gasteiger partial charge in [0.1, 0.15) is 6.61 Å². The second-order valence-corrected chi connectivity index (χ2v) is 18.1. The number of esters is 2. The van der Waals surface area contributed by atoms with Gasteiger partial charge in [-0.25, -0.2) is 0 Å². The molecule has 1 atom stereocenters. The first-order valence-electron chi connectivity index (χ1n) is 27.5. The molecule has 0 saturated heterocycles. The fourth-order valence-electron chi connectivity index (χ4n) is 7.72. The topological polar surface area (TPSA) is 61.8 Å². The van der Waals surface area contributed by atoms with Crippen molar-refractivity contribution in [3.63, 3.8) is 0 Å². The van der Waals surface area contributed by atoms with Crippen LogP contribution in [0.15, 0.2) is 72.9 Å². The molecule has 1 unspecified atom stereocenters. The van der Waals surface area contributed by atoms with Crippen molar-refractivity contribution in [3.8, 4) is 0 Å². The van der Waals surface area contributed by atoms with Gasteiger partial charge < -0.3 is 14.2 Å². The molecule has 5 nitrogen and oxygen atoms in total. The van der Waals surface area contributed by atoms with Gasteiger partial charge in [-0.3, -0.25) is 9.59 Å². The van der Waals surface area contributed by atoms with Gasteiger partial charge in [0.05, 0.1) is 6.61 Å². The number of rotatable bonds is 50. The third kappa shape index (κ3) is 52.0. The molecular formula is C59H104O5. The van der Waals surface area contributed by atoms with Crippen molar-refractivity contribution in [2.24, 2.45) is 0 Å². The van der Waals surface area contributed by atoms with Crippen molar-refractivity contribution in [2.75, 3.05) is 19.8 Å². The van der Waals surface area contributed by atoms with E-state index in [4.69, 9.17) is 14.2 Å². The summed E-state index contributed by atoms with van der Waals surface area (Å²) in [6.45, 7) is 7.59. The fraction of sp³-hybridized carbons (Fsp3) is 0.763. The Bertz CT molecular complexity index is 1150. The Kier molecular flexibility index (Phi) is 52.4. The quantitative estimate of drug-likeness (QED) is 0.0346. The predicted molar refractivity (Wildman–Crippen MR) is 279 cm³/mol. The highest BCUT2D eigenvalue weighted by atomic mass is 16.6. The van der Waals surface area contributed by atoms with Crippen LogP contribution in [-0.4, -0.2) is 37.9 Å². The minimum absolute atomic E-state index is 0.0732. The third-order valence-electron chi connectivity index (χ3n) is 11.7. The highest BCUT2D eigenvalue weighted by Gasteiger charge is 2.17. The number of hydrogen-bond donors (Lipinski definition) is 0. The van der Waals surface area contributed by atoms with Crippen LogP contribution in [0.5, 0.6) is 0 Å². The molecule has 64 heavy (non-hydrogen) atoms. The average Bonchev–Trinajstić information content (AvgIpc) is 3.30. The number of carbonyl (C=O) groups is 2. The van der Waals surface area contributed by atoms with E-state index < -0.39 is 6.10 Å². The maximum absolute atomic E-state index is 12.8. The Balaban J connectivity index is 4.30. The van der Waals surface area contributed by atoms with Crippen molar-refractivity contribution in [1.82, 2.24) is 0 Å². The van der Waals surface area contributed by atoms with Gasteiger partial charge in [-0.2, -0.15) is 0 Å². The van der Waals surface area contributed by atoms with Crippen molar-refractivity contribution in [1.29, 1.82) is 0 Å². The van der Waals surface area contributed by atoms with Gasteiger partial charge in [-0.05, 0) is 83.5 Å². The molecule has 0 aliphatic rings. The first kappa shape index (κ1) is 61.3. The average molecular weight is 893 g/mol. The van der Waals surface area contributed by atoms with E-state index in [-0.39, 0.29) is 25.2 Å². The Hall–Kier alpha value is -2.66. The molecule has 0 saturated carbocycles. The minimum Gasteiger partial charge on any atom is -0.462 e. The van der Waals surface area contributed by atoms with Crippen molar-refractivity contribution in [3.05, 3.63) is 72.9 Å². The van der Waals surface area contributed by atoms with Crippen LogP contribution in [0.25, 0.3) is 0 Å². The van der Waals surface area contributed by atoms with E-state index in [1.165, 1.54) is 135 Å². The minimum atomic E-state index is -0.553. The summed E-state index contributed by atoms with van der Waals surface area (Å²) in [6, 6.07) is 0. The molecule has 0 aromatic rings. The summed E-state index contributed by atoms with van der Waals surface area (Å²) in [4.78, 5) is 25.5. The summed E-state index contributed by atoms with van der Waals surface area (Å²) in [6.07, 6.45) is 70.6. The van der Waals surface area contributed by atoms with Gasteiger partial charge in [0, 0.05) is 19.4 Å². The molecular weight excluding hydrogens is 789 g/mol. The third-order valence-corrected chi connectivity index (χ3v) is 11.7. The molecule has 0 aliphatic heterocycles. The van der Waals surface area contributed by atoms with Crippen molar-refractivity contribution >= 4 is 11.9 Å². The molecule has 0 heterocycles. The van der Waals surface area contributed by atoms with E-state index in [9.17, 15) is 9.59 Å². The van der Waals surface area contributed by atoms with Crippen LogP contribution in [-0.2, 0) is 23.8 Å². The van der Waals surface area contributed by atoms with Crippen LogP contribution < -0.4 is 0 Å². The Morgan fingerprint density at radius 1 is 0.359 bits per heavy atom. The van der Waals surface area contributed by atoms with Crippen molar-refractivity contribution < 1.29 is 23.8 Å². The molecule has 0 aromatic carbocycles. The zero-order valence-electron chi connectivity index (χ0n) is 42.5. The Labute approximate surface area is 397 Å². The highest BCUT2D eigenvalue weighted by Crippen LogP contribution is 2.16. The van der Waals surface area contributed by atoms with Crippen molar-refractivity contribution in [2.45, 2.75) is 271 Å². The molecule has 0 fully saturated rings. The van der Waals surface area contributed by atoms with E-state index in [2.05, 4.69) is 93.7 Å². The second kappa shape index (κ2) is 54.7. The first-order valence-corrected chi connectivity index (χ1v) is 27.5. The summed E-state index contributed by atoms with van der Waals surface area (Å²) in [5.41, 5.74) is 0. The van der Waals surface area contributed by atoms with Gasteiger partial charge in [-0.1, -0.05) is 241 Å². The number of carbonyl (C=O) groups excluding carboxylic acids is 2. The lowest BCUT2D eigenvalue weighted by Crippen LogP contribution is -2.30. The Morgan fingerprint density at radius 3 is 1.12 bits per heavy atom. The smallest absolute Gasteiger partial charge is 0.306 e. The number of allylic oxidation sites excluding steroid dienone is 12. The molecule has 0 aliphatic carbocycles. The van der Waals surface area contributed by atoms with E-state index in [0.717, 1.165) is 96.3 Å². The number of ether oxygens (including phenoxy) is 3. The first-order chi connectivity index (χ1) is 31.6. The highest BCUT2D eigenvalue weighted by molar-refractivity contribution is 5.70. The molecule has 0 bridgehead atoms. The maximum atomic E-state index is 12.8. The Morgan fingerprint density at radius 2 is 0.703 bits per heavy atom. The number of hydrogen-bond acceptors (Lipinski definition) is 5. The lowest BCUT2D eigenvalue weighted by molar-refractivity contribution is -0.163. The van der Waals surface area contributed by atoms with Crippen LogP contribution in [0.1, 0.15) is 265 Å². The summed E-state index contributed by atoms with van der Waals surface area (Å²) in [7, 11) is 0. The summed E-state index contributed by atoms with van der Waals surface area (Å²) in [5.74, 6) is -0.416. The molecule has 0 amide bonds. The van der Waals surface area contributed by atoms with Gasteiger partial charge in [-0.15, -0.1) is 0 Å². The normalized spacial score (nSPS) is 12.7. The number of unbranched alkanes of at least 4 members (excludes halogenated alkanes) is 27. The van der Waals surface area contributed by atoms with Gasteiger partial charge in [0.15, 0.2) is 6.10 Å².